The monoisotopic (exact) mass is 351 g/mol. The number of nitrogens with zero attached hydrogens (tertiary/aromatic N) is 5. The molecule has 3 rings (SSSR count). The Kier molecular flexibility index (Phi) is 5.41. The molecule has 2 fully saturated rings. The summed E-state index contributed by atoms with van der Waals surface area (Å²) >= 11 is 0. The van der Waals surface area contributed by atoms with Crippen molar-refractivity contribution in [3.63, 3.8) is 0 Å². The van der Waals surface area contributed by atoms with Crippen LogP contribution < -0.4 is 0 Å². The molecule has 0 bridgehead atoms. The minimum absolute atomic E-state index is 0.0295. The molecule has 8 nitrogen and oxygen atoms in total. The minimum atomic E-state index is -0.482. The smallest absolute Gasteiger partial charge is 0.240 e. The van der Waals surface area contributed by atoms with Crippen LogP contribution in [0.25, 0.3) is 0 Å². The molecule has 3 atom stereocenters. The Labute approximate surface area is 148 Å². The van der Waals surface area contributed by atoms with Crippen LogP contribution in [-0.4, -0.2) is 86.3 Å². The van der Waals surface area contributed by atoms with Gasteiger partial charge in [0.1, 0.15) is 0 Å². The number of rotatable bonds is 6. The average molecular weight is 351 g/mol. The second kappa shape index (κ2) is 7.39. The molecule has 8 heteroatoms. The second-order valence-corrected chi connectivity index (χ2v) is 7.30. The van der Waals surface area contributed by atoms with Crippen molar-refractivity contribution >= 4 is 5.91 Å². The normalized spacial score (nSPS) is 28.0. The van der Waals surface area contributed by atoms with E-state index in [1.165, 1.54) is 0 Å². The van der Waals surface area contributed by atoms with Crippen molar-refractivity contribution in [2.75, 3.05) is 26.2 Å². The topological polar surface area (TPSA) is 85.9 Å². The number of hydrogen-bond acceptors (Lipinski definition) is 7. The van der Waals surface area contributed by atoms with Gasteiger partial charge in [-0.2, -0.15) is 0 Å². The fourth-order valence-corrected chi connectivity index (χ4v) is 3.99. The number of likely N-dealkylation sites (N-methyl/N-ethyl adjacent to an activating group) is 1. The number of aliphatic hydroxyl groups is 1. The quantitative estimate of drug-likeness (QED) is 0.786. The Balaban J connectivity index is 1.65. The van der Waals surface area contributed by atoms with Crippen LogP contribution in [-0.2, 0) is 11.3 Å². The van der Waals surface area contributed by atoms with Gasteiger partial charge in [0.05, 0.1) is 24.7 Å². The molecule has 140 valence electrons. The van der Waals surface area contributed by atoms with Crippen molar-refractivity contribution in [1.29, 1.82) is 0 Å². The highest BCUT2D eigenvalue weighted by atomic mass is 16.4. The number of amides is 1. The van der Waals surface area contributed by atoms with Gasteiger partial charge >= 0.3 is 0 Å². The highest BCUT2D eigenvalue weighted by molar-refractivity contribution is 5.84. The van der Waals surface area contributed by atoms with Crippen LogP contribution >= 0.6 is 0 Å². The van der Waals surface area contributed by atoms with Crippen LogP contribution in [0.3, 0.4) is 0 Å². The number of aliphatic hydroxyl groups excluding tert-OH is 1. The van der Waals surface area contributed by atoms with Crippen LogP contribution in [0.1, 0.15) is 39.0 Å². The average Bonchev–Trinajstić information content (AvgIpc) is 3.24. The summed E-state index contributed by atoms with van der Waals surface area (Å²) < 4.78 is 5.47. The standard InChI is InChI=1S/C17H29N5O3/c1-5-20(10-16-19-18-12(4)25-16)14-8-21(9-15(14)23)13-6-7-22(11(2)3)17(13)24/h11,13-15,23H,5-10H2,1-4H3/t13-,14-,15+/m0/s1. The molecule has 2 saturated heterocycles. The predicted molar refractivity (Wildman–Crippen MR) is 91.7 cm³/mol. The lowest BCUT2D eigenvalue weighted by molar-refractivity contribution is -0.133. The summed E-state index contributed by atoms with van der Waals surface area (Å²) in [7, 11) is 0. The number of aryl methyl sites for hydroxylation is 1. The molecule has 25 heavy (non-hydrogen) atoms. The van der Waals surface area contributed by atoms with E-state index in [0.29, 0.717) is 31.4 Å². The van der Waals surface area contributed by atoms with E-state index >= 15 is 0 Å². The highest BCUT2D eigenvalue weighted by Gasteiger charge is 2.44. The van der Waals surface area contributed by atoms with E-state index in [4.69, 9.17) is 4.42 Å². The molecule has 0 aliphatic carbocycles. The van der Waals surface area contributed by atoms with Crippen LogP contribution in [0.4, 0.5) is 0 Å². The molecular formula is C17H29N5O3. The Morgan fingerprint density at radius 1 is 1.36 bits per heavy atom. The van der Waals surface area contributed by atoms with Gasteiger partial charge in [0.25, 0.3) is 0 Å². The maximum Gasteiger partial charge on any atom is 0.240 e. The first-order valence-corrected chi connectivity index (χ1v) is 9.16. The van der Waals surface area contributed by atoms with Gasteiger partial charge in [-0.15, -0.1) is 10.2 Å². The summed E-state index contributed by atoms with van der Waals surface area (Å²) in [5, 5.41) is 18.5. The Hall–Kier alpha value is -1.51. The first-order chi connectivity index (χ1) is 11.9. The number of aromatic nitrogens is 2. The summed E-state index contributed by atoms with van der Waals surface area (Å²) in [6.45, 7) is 11.2. The van der Waals surface area contributed by atoms with E-state index in [0.717, 1.165) is 19.5 Å². The van der Waals surface area contributed by atoms with Crippen LogP contribution in [0.2, 0.25) is 0 Å². The van der Waals surface area contributed by atoms with Gasteiger partial charge in [0.15, 0.2) is 0 Å². The highest BCUT2D eigenvalue weighted by Crippen LogP contribution is 2.26. The third-order valence-corrected chi connectivity index (χ3v) is 5.34. The van der Waals surface area contributed by atoms with Gasteiger partial charge < -0.3 is 14.4 Å². The molecule has 1 aromatic rings. The predicted octanol–water partition coefficient (Wildman–Crippen LogP) is 0.254. The van der Waals surface area contributed by atoms with Crippen molar-refractivity contribution in [2.45, 2.75) is 64.9 Å². The van der Waals surface area contributed by atoms with Gasteiger partial charge in [0, 0.05) is 32.6 Å². The van der Waals surface area contributed by atoms with Crippen LogP contribution in [0, 0.1) is 6.92 Å². The summed E-state index contributed by atoms with van der Waals surface area (Å²) in [5.41, 5.74) is 0. The van der Waals surface area contributed by atoms with Crippen molar-refractivity contribution in [2.24, 2.45) is 0 Å². The van der Waals surface area contributed by atoms with Gasteiger partial charge in [-0.1, -0.05) is 6.92 Å². The van der Waals surface area contributed by atoms with Gasteiger partial charge in [-0.05, 0) is 26.8 Å². The van der Waals surface area contributed by atoms with Gasteiger partial charge in [0.2, 0.25) is 17.7 Å². The Bertz CT molecular complexity index is 605. The molecule has 0 saturated carbocycles. The van der Waals surface area contributed by atoms with E-state index in [1.54, 1.807) is 6.92 Å². The lowest BCUT2D eigenvalue weighted by Crippen LogP contribution is -2.45. The number of carbonyl (C=O) groups is 1. The molecular weight excluding hydrogens is 322 g/mol. The molecule has 1 N–H and O–H groups in total. The third-order valence-electron chi connectivity index (χ3n) is 5.34. The molecule has 0 radical (unpaired) electrons. The first-order valence-electron chi connectivity index (χ1n) is 9.16. The summed E-state index contributed by atoms with van der Waals surface area (Å²) in [4.78, 5) is 18.9. The zero-order valence-corrected chi connectivity index (χ0v) is 15.6. The summed E-state index contributed by atoms with van der Waals surface area (Å²) in [6, 6.07) is 0.0956. The lowest BCUT2D eigenvalue weighted by Gasteiger charge is -2.29. The van der Waals surface area contributed by atoms with E-state index in [2.05, 4.69) is 26.9 Å². The number of hydrogen-bond donors (Lipinski definition) is 1. The Morgan fingerprint density at radius 3 is 2.68 bits per heavy atom. The molecule has 2 aliphatic heterocycles. The molecule has 1 aromatic heterocycles. The van der Waals surface area contributed by atoms with E-state index < -0.39 is 6.10 Å². The molecule has 0 unspecified atom stereocenters. The van der Waals surface area contributed by atoms with E-state index in [1.807, 2.05) is 18.7 Å². The fourth-order valence-electron chi connectivity index (χ4n) is 3.99. The van der Waals surface area contributed by atoms with Crippen molar-refractivity contribution in [3.8, 4) is 0 Å². The summed E-state index contributed by atoms with van der Waals surface area (Å²) in [5.74, 6) is 1.30. The number of likely N-dealkylation sites (tertiary alicyclic amines) is 2. The van der Waals surface area contributed by atoms with Crippen LogP contribution in [0.15, 0.2) is 4.42 Å². The number of carbonyl (C=O) groups excluding carboxylic acids is 1. The Morgan fingerprint density at radius 2 is 2.12 bits per heavy atom. The SMILES string of the molecule is CCN(Cc1nnc(C)o1)[C@H]1CN([C@H]2CCN(C(C)C)C2=O)C[C@H]1O. The zero-order chi connectivity index (χ0) is 18.1. The molecule has 0 aromatic carbocycles. The fraction of sp³-hybridized carbons (Fsp3) is 0.824. The van der Waals surface area contributed by atoms with Crippen molar-refractivity contribution in [1.82, 2.24) is 24.9 Å². The second-order valence-electron chi connectivity index (χ2n) is 7.30. The number of β-amino-alcohol motifs (C(OH)–C–C–N with tert-alkyl or cyclic N) is 1. The minimum Gasteiger partial charge on any atom is -0.424 e. The third kappa shape index (κ3) is 3.70. The molecule has 2 aliphatic rings. The molecule has 1 amide bonds. The maximum absolute atomic E-state index is 12.6. The first kappa shape index (κ1) is 18.3. The van der Waals surface area contributed by atoms with E-state index in [9.17, 15) is 9.90 Å². The van der Waals surface area contributed by atoms with Crippen molar-refractivity contribution in [3.05, 3.63) is 11.8 Å². The van der Waals surface area contributed by atoms with Gasteiger partial charge in [-0.25, -0.2) is 0 Å². The van der Waals surface area contributed by atoms with Crippen LogP contribution in [0.5, 0.6) is 0 Å². The molecule has 3 heterocycles. The molecule has 0 spiro atoms. The van der Waals surface area contributed by atoms with Gasteiger partial charge in [-0.3, -0.25) is 14.6 Å². The zero-order valence-electron chi connectivity index (χ0n) is 15.6. The van der Waals surface area contributed by atoms with Crippen molar-refractivity contribution < 1.29 is 14.3 Å². The maximum atomic E-state index is 12.6. The summed E-state index contributed by atoms with van der Waals surface area (Å²) in [6.07, 6.45) is 0.357. The lowest BCUT2D eigenvalue weighted by atomic mass is 10.2. The largest absolute Gasteiger partial charge is 0.424 e. The van der Waals surface area contributed by atoms with E-state index in [-0.39, 0.29) is 24.0 Å².